The van der Waals surface area contributed by atoms with Gasteiger partial charge in [-0.15, -0.1) is 5.10 Å². The molecule has 8 heteroatoms. The Morgan fingerprint density at radius 1 is 1.30 bits per heavy atom. The quantitative estimate of drug-likeness (QED) is 0.789. The normalized spacial score (nSPS) is 10.6. The highest BCUT2D eigenvalue weighted by Crippen LogP contribution is 2.18. The van der Waals surface area contributed by atoms with Crippen LogP contribution in [0.5, 0.6) is 0 Å². The van der Waals surface area contributed by atoms with Crippen molar-refractivity contribution < 1.29 is 4.52 Å². The second-order valence-corrected chi connectivity index (χ2v) is 4.85. The molecule has 0 spiro atoms. The van der Waals surface area contributed by atoms with Gasteiger partial charge < -0.3 is 15.6 Å². The second-order valence-electron chi connectivity index (χ2n) is 4.41. The Kier molecular flexibility index (Phi) is 4.23. The van der Waals surface area contributed by atoms with E-state index in [1.807, 2.05) is 13.8 Å². The van der Waals surface area contributed by atoms with Crippen molar-refractivity contribution in [2.45, 2.75) is 27.2 Å². The molecule has 0 saturated heterocycles. The van der Waals surface area contributed by atoms with Crippen LogP contribution in [0.25, 0.3) is 0 Å². The zero-order valence-corrected chi connectivity index (χ0v) is 12.4. The van der Waals surface area contributed by atoms with E-state index in [4.69, 9.17) is 22.5 Å². The molecule has 2 aromatic rings. The van der Waals surface area contributed by atoms with Gasteiger partial charge in [-0.05, 0) is 26.3 Å². The predicted molar refractivity (Wildman–Crippen MR) is 78.6 cm³/mol. The molecule has 0 amide bonds. The smallest absolute Gasteiger partial charge is 0.228 e. The second kappa shape index (κ2) is 5.91. The van der Waals surface area contributed by atoms with Crippen LogP contribution in [0.1, 0.15) is 28.5 Å². The van der Waals surface area contributed by atoms with Crippen molar-refractivity contribution in [3.63, 3.8) is 0 Å². The summed E-state index contributed by atoms with van der Waals surface area (Å²) in [6, 6.07) is 0. The summed E-state index contributed by atoms with van der Waals surface area (Å²) in [6.45, 7) is 6.15. The summed E-state index contributed by atoms with van der Waals surface area (Å²) in [4.78, 5) is 4.43. The highest BCUT2D eigenvalue weighted by molar-refractivity contribution is 7.80. The van der Waals surface area contributed by atoms with Crippen LogP contribution in [0.15, 0.2) is 4.52 Å². The first-order chi connectivity index (χ1) is 9.49. The number of aromatic nitrogens is 4. The Labute approximate surface area is 122 Å². The molecule has 0 unspecified atom stereocenters. The molecular formula is C12H16N6OS. The van der Waals surface area contributed by atoms with Gasteiger partial charge in [0.2, 0.25) is 5.89 Å². The Balaban J connectivity index is 2.09. The van der Waals surface area contributed by atoms with Gasteiger partial charge in [0, 0.05) is 13.0 Å². The van der Waals surface area contributed by atoms with Crippen LogP contribution in [0, 0.1) is 20.8 Å². The number of aryl methyl sites for hydroxylation is 2. The zero-order valence-electron chi connectivity index (χ0n) is 11.6. The van der Waals surface area contributed by atoms with Crippen molar-refractivity contribution in [2.75, 3.05) is 11.9 Å². The van der Waals surface area contributed by atoms with Crippen LogP contribution < -0.4 is 11.1 Å². The Morgan fingerprint density at radius 2 is 2.05 bits per heavy atom. The standard InChI is InChI=1S/C12H16N6OS/c1-6-7(2)16-17-12(10(6)11(13)20)14-5-4-9-15-8(3)18-19-9/h4-5H2,1-3H3,(H2,13,20)(H,14,17). The molecule has 0 bridgehead atoms. The van der Waals surface area contributed by atoms with Crippen molar-refractivity contribution in [2.24, 2.45) is 5.73 Å². The van der Waals surface area contributed by atoms with E-state index in [0.29, 0.717) is 35.5 Å². The van der Waals surface area contributed by atoms with E-state index in [1.165, 1.54) is 0 Å². The lowest BCUT2D eigenvalue weighted by Crippen LogP contribution is -2.19. The summed E-state index contributed by atoms with van der Waals surface area (Å²) in [5.74, 6) is 1.77. The fraction of sp³-hybridized carbons (Fsp3) is 0.417. The SMILES string of the molecule is Cc1noc(CCNc2nnc(C)c(C)c2C(N)=S)n1. The van der Waals surface area contributed by atoms with E-state index < -0.39 is 0 Å². The van der Waals surface area contributed by atoms with Gasteiger partial charge in [-0.2, -0.15) is 10.1 Å². The molecule has 0 aromatic carbocycles. The minimum atomic E-state index is 0.302. The molecule has 2 rings (SSSR count). The third-order valence-electron chi connectivity index (χ3n) is 2.90. The van der Waals surface area contributed by atoms with E-state index >= 15 is 0 Å². The molecule has 0 aliphatic carbocycles. The summed E-state index contributed by atoms with van der Waals surface area (Å²) < 4.78 is 5.04. The number of nitrogens with zero attached hydrogens (tertiary/aromatic N) is 4. The first-order valence-electron chi connectivity index (χ1n) is 6.15. The average Bonchev–Trinajstić information content (AvgIpc) is 2.79. The summed E-state index contributed by atoms with van der Waals surface area (Å²) in [7, 11) is 0. The molecule has 20 heavy (non-hydrogen) atoms. The molecule has 3 N–H and O–H groups in total. The van der Waals surface area contributed by atoms with Gasteiger partial charge in [-0.1, -0.05) is 17.4 Å². The molecule has 2 aromatic heterocycles. The van der Waals surface area contributed by atoms with Gasteiger partial charge in [0.05, 0.1) is 11.3 Å². The van der Waals surface area contributed by atoms with E-state index in [9.17, 15) is 0 Å². The van der Waals surface area contributed by atoms with Crippen LogP contribution in [-0.2, 0) is 6.42 Å². The largest absolute Gasteiger partial charge is 0.389 e. The Morgan fingerprint density at radius 3 is 2.65 bits per heavy atom. The van der Waals surface area contributed by atoms with Crippen LogP contribution in [0.4, 0.5) is 5.82 Å². The van der Waals surface area contributed by atoms with Gasteiger partial charge in [-0.3, -0.25) is 0 Å². The lowest BCUT2D eigenvalue weighted by Gasteiger charge is -2.12. The summed E-state index contributed by atoms with van der Waals surface area (Å²) >= 11 is 5.07. The van der Waals surface area contributed by atoms with Gasteiger partial charge in [-0.25, -0.2) is 0 Å². The highest BCUT2D eigenvalue weighted by Gasteiger charge is 2.13. The summed E-state index contributed by atoms with van der Waals surface area (Å²) in [5, 5.41) is 15.1. The number of nitrogens with one attached hydrogen (secondary N) is 1. The molecule has 0 aliphatic heterocycles. The predicted octanol–water partition coefficient (Wildman–Crippen LogP) is 1.07. The molecular weight excluding hydrogens is 276 g/mol. The maximum absolute atomic E-state index is 5.75. The molecule has 2 heterocycles. The maximum Gasteiger partial charge on any atom is 0.228 e. The topological polar surface area (TPSA) is 103 Å². The monoisotopic (exact) mass is 292 g/mol. The van der Waals surface area contributed by atoms with E-state index in [-0.39, 0.29) is 0 Å². The molecule has 0 radical (unpaired) electrons. The van der Waals surface area contributed by atoms with Gasteiger partial charge in [0.25, 0.3) is 0 Å². The van der Waals surface area contributed by atoms with Crippen LogP contribution in [0.3, 0.4) is 0 Å². The van der Waals surface area contributed by atoms with Crippen LogP contribution in [-0.4, -0.2) is 31.9 Å². The minimum Gasteiger partial charge on any atom is -0.389 e. The van der Waals surface area contributed by atoms with Crippen molar-refractivity contribution in [1.29, 1.82) is 0 Å². The van der Waals surface area contributed by atoms with Crippen molar-refractivity contribution in [3.05, 3.63) is 28.5 Å². The molecule has 0 aliphatic rings. The summed E-state index contributed by atoms with van der Waals surface area (Å²) in [5.41, 5.74) is 8.23. The van der Waals surface area contributed by atoms with Crippen molar-refractivity contribution >= 4 is 23.0 Å². The minimum absolute atomic E-state index is 0.302. The number of hydrogen-bond acceptors (Lipinski definition) is 7. The maximum atomic E-state index is 5.75. The number of thiocarbonyl (C=S) groups is 1. The number of rotatable bonds is 5. The lowest BCUT2D eigenvalue weighted by atomic mass is 10.1. The van der Waals surface area contributed by atoms with Gasteiger partial charge in [0.1, 0.15) is 4.99 Å². The third-order valence-corrected chi connectivity index (χ3v) is 3.11. The average molecular weight is 292 g/mol. The van der Waals surface area contributed by atoms with Crippen LogP contribution >= 0.6 is 12.2 Å². The van der Waals surface area contributed by atoms with Gasteiger partial charge in [0.15, 0.2) is 11.6 Å². The van der Waals surface area contributed by atoms with Crippen LogP contribution in [0.2, 0.25) is 0 Å². The third kappa shape index (κ3) is 3.08. The van der Waals surface area contributed by atoms with E-state index in [0.717, 1.165) is 16.8 Å². The number of nitrogens with two attached hydrogens (primary N) is 1. The summed E-state index contributed by atoms with van der Waals surface area (Å²) in [6.07, 6.45) is 0.590. The van der Waals surface area contributed by atoms with Crippen molar-refractivity contribution in [3.8, 4) is 0 Å². The number of hydrogen-bond donors (Lipinski definition) is 2. The van der Waals surface area contributed by atoms with Crippen molar-refractivity contribution in [1.82, 2.24) is 20.3 Å². The highest BCUT2D eigenvalue weighted by atomic mass is 32.1. The zero-order chi connectivity index (χ0) is 14.7. The molecule has 0 fully saturated rings. The molecule has 7 nitrogen and oxygen atoms in total. The molecule has 106 valence electrons. The fourth-order valence-electron chi connectivity index (χ4n) is 1.76. The number of anilines is 1. The Bertz CT molecular complexity index is 639. The van der Waals surface area contributed by atoms with Gasteiger partial charge >= 0.3 is 0 Å². The Hall–Kier alpha value is -2.09. The van der Waals surface area contributed by atoms with E-state index in [1.54, 1.807) is 6.92 Å². The lowest BCUT2D eigenvalue weighted by molar-refractivity contribution is 0.377. The molecule has 0 atom stereocenters. The first kappa shape index (κ1) is 14.3. The fourth-order valence-corrected chi connectivity index (χ4v) is 2.01. The van der Waals surface area contributed by atoms with E-state index in [2.05, 4.69) is 25.7 Å². The first-order valence-corrected chi connectivity index (χ1v) is 6.56. The molecule has 0 saturated carbocycles.